The number of pyridine rings is 1. The van der Waals surface area contributed by atoms with E-state index >= 15 is 0 Å². The summed E-state index contributed by atoms with van der Waals surface area (Å²) in [6, 6.07) is 16.6. The van der Waals surface area contributed by atoms with Gasteiger partial charge >= 0.3 is 5.97 Å². The van der Waals surface area contributed by atoms with Gasteiger partial charge in [-0.1, -0.05) is 41.9 Å². The molecule has 0 fully saturated rings. The molecular formula is C24H22ClN3O4. The lowest BCUT2D eigenvalue weighted by atomic mass is 9.98. The van der Waals surface area contributed by atoms with Gasteiger partial charge in [-0.2, -0.15) is 5.10 Å². The van der Waals surface area contributed by atoms with Gasteiger partial charge in [-0.15, -0.1) is 0 Å². The quantitative estimate of drug-likeness (QED) is 0.519. The summed E-state index contributed by atoms with van der Waals surface area (Å²) in [5.74, 6) is -0.694. The minimum Gasteiger partial charge on any atom is -0.494 e. The standard InChI is InChI=1S/C24H22ClN3O4/c1-2-32-17-9-8-16-12-18(24(25)26-19(16)13-17)21-14-20(15-6-4-3-5-7-15)27-28(21)22(29)10-11-23(30)31/h3-9,12-13,21H,2,10-11,14H2,1H3,(H,30,31). The normalized spacial score (nSPS) is 15.6. The van der Waals surface area contributed by atoms with Crippen LogP contribution < -0.4 is 4.74 Å². The number of aromatic nitrogens is 1. The second-order valence-electron chi connectivity index (χ2n) is 7.42. The molecule has 1 aliphatic rings. The van der Waals surface area contributed by atoms with E-state index in [1.807, 2.05) is 61.5 Å². The van der Waals surface area contributed by atoms with Crippen LogP contribution in [0, 0.1) is 0 Å². The Kier molecular flexibility index (Phi) is 6.37. The van der Waals surface area contributed by atoms with Crippen LogP contribution in [0.1, 0.15) is 43.4 Å². The van der Waals surface area contributed by atoms with Gasteiger partial charge in [0.2, 0.25) is 5.91 Å². The van der Waals surface area contributed by atoms with Gasteiger partial charge in [0.1, 0.15) is 10.9 Å². The van der Waals surface area contributed by atoms with Crippen LogP contribution in [0.2, 0.25) is 5.15 Å². The fourth-order valence-electron chi connectivity index (χ4n) is 3.75. The Morgan fingerprint density at radius 3 is 2.66 bits per heavy atom. The number of nitrogens with zero attached hydrogens (tertiary/aromatic N) is 3. The molecule has 0 saturated heterocycles. The highest BCUT2D eigenvalue weighted by Gasteiger charge is 2.34. The molecule has 32 heavy (non-hydrogen) atoms. The number of amides is 1. The number of aliphatic carboxylic acids is 1. The number of rotatable bonds is 7. The molecule has 0 bridgehead atoms. The van der Waals surface area contributed by atoms with Crippen molar-refractivity contribution in [2.45, 2.75) is 32.2 Å². The van der Waals surface area contributed by atoms with Crippen molar-refractivity contribution in [3.05, 3.63) is 70.9 Å². The maximum Gasteiger partial charge on any atom is 0.303 e. The Morgan fingerprint density at radius 1 is 1.16 bits per heavy atom. The first-order chi connectivity index (χ1) is 15.5. The lowest BCUT2D eigenvalue weighted by Gasteiger charge is -2.23. The second kappa shape index (κ2) is 9.36. The largest absolute Gasteiger partial charge is 0.494 e. The smallest absolute Gasteiger partial charge is 0.303 e. The Hall–Kier alpha value is -3.45. The third-order valence-corrected chi connectivity index (χ3v) is 5.57. The molecule has 2 heterocycles. The summed E-state index contributed by atoms with van der Waals surface area (Å²) < 4.78 is 5.54. The number of carboxylic acids is 1. The van der Waals surface area contributed by atoms with Gasteiger partial charge in [0, 0.05) is 29.9 Å². The van der Waals surface area contributed by atoms with Gasteiger partial charge in [0.25, 0.3) is 0 Å². The molecule has 1 amide bonds. The van der Waals surface area contributed by atoms with Crippen LogP contribution in [-0.4, -0.2) is 39.3 Å². The molecule has 0 aliphatic carbocycles. The van der Waals surface area contributed by atoms with Crippen molar-refractivity contribution in [1.82, 2.24) is 9.99 Å². The highest BCUT2D eigenvalue weighted by Crippen LogP contribution is 2.38. The zero-order chi connectivity index (χ0) is 22.7. The molecule has 1 atom stereocenters. The van der Waals surface area contributed by atoms with E-state index in [0.717, 1.165) is 16.7 Å². The predicted octanol–water partition coefficient (Wildman–Crippen LogP) is 4.83. The van der Waals surface area contributed by atoms with Crippen molar-refractivity contribution in [2.24, 2.45) is 5.10 Å². The highest BCUT2D eigenvalue weighted by molar-refractivity contribution is 6.30. The minimum absolute atomic E-state index is 0.145. The lowest BCUT2D eigenvalue weighted by molar-refractivity contribution is -0.141. The van der Waals surface area contributed by atoms with E-state index in [1.165, 1.54) is 5.01 Å². The van der Waals surface area contributed by atoms with Crippen molar-refractivity contribution < 1.29 is 19.4 Å². The average molecular weight is 452 g/mol. The van der Waals surface area contributed by atoms with Gasteiger partial charge in [0.15, 0.2) is 0 Å². The van der Waals surface area contributed by atoms with Crippen molar-refractivity contribution in [1.29, 1.82) is 0 Å². The van der Waals surface area contributed by atoms with Crippen molar-refractivity contribution in [2.75, 3.05) is 6.61 Å². The summed E-state index contributed by atoms with van der Waals surface area (Å²) >= 11 is 6.57. The van der Waals surface area contributed by atoms with E-state index in [0.29, 0.717) is 29.9 Å². The van der Waals surface area contributed by atoms with E-state index in [-0.39, 0.29) is 23.9 Å². The van der Waals surface area contributed by atoms with Crippen LogP contribution in [0.15, 0.2) is 59.7 Å². The molecule has 3 aromatic rings. The molecule has 7 nitrogen and oxygen atoms in total. The van der Waals surface area contributed by atoms with Crippen LogP contribution in [-0.2, 0) is 9.59 Å². The number of hydrogen-bond acceptors (Lipinski definition) is 5. The Balaban J connectivity index is 1.71. The average Bonchev–Trinajstić information content (AvgIpc) is 3.23. The van der Waals surface area contributed by atoms with Gasteiger partial charge in [-0.3, -0.25) is 9.59 Å². The molecule has 1 aliphatic heterocycles. The van der Waals surface area contributed by atoms with E-state index in [4.69, 9.17) is 21.4 Å². The molecule has 2 aromatic carbocycles. The molecule has 1 N–H and O–H groups in total. The summed E-state index contributed by atoms with van der Waals surface area (Å²) in [7, 11) is 0. The summed E-state index contributed by atoms with van der Waals surface area (Å²) in [4.78, 5) is 28.4. The third kappa shape index (κ3) is 4.57. The van der Waals surface area contributed by atoms with Crippen LogP contribution in [0.5, 0.6) is 5.75 Å². The molecule has 4 rings (SSSR count). The zero-order valence-electron chi connectivity index (χ0n) is 17.5. The number of hydrogen-bond donors (Lipinski definition) is 1. The fraction of sp³-hybridized carbons (Fsp3) is 0.250. The number of carboxylic acid groups (broad SMARTS) is 1. The van der Waals surface area contributed by atoms with Crippen molar-refractivity contribution in [3.63, 3.8) is 0 Å². The van der Waals surface area contributed by atoms with Gasteiger partial charge in [-0.05, 0) is 30.7 Å². The second-order valence-corrected chi connectivity index (χ2v) is 7.78. The molecule has 8 heteroatoms. The summed E-state index contributed by atoms with van der Waals surface area (Å²) in [6.45, 7) is 2.46. The van der Waals surface area contributed by atoms with E-state index in [2.05, 4.69) is 10.1 Å². The first kappa shape index (κ1) is 21.8. The minimum atomic E-state index is -1.03. The third-order valence-electron chi connectivity index (χ3n) is 5.27. The van der Waals surface area contributed by atoms with Crippen molar-refractivity contribution >= 4 is 40.1 Å². The molecule has 1 unspecified atom stereocenters. The molecule has 1 aromatic heterocycles. The van der Waals surface area contributed by atoms with Crippen LogP contribution >= 0.6 is 11.6 Å². The highest BCUT2D eigenvalue weighted by atomic mass is 35.5. The number of benzene rings is 2. The number of halogens is 1. The number of carbonyl (C=O) groups excluding carboxylic acids is 1. The Labute approximate surface area is 190 Å². The van der Waals surface area contributed by atoms with Gasteiger partial charge in [-0.25, -0.2) is 9.99 Å². The Morgan fingerprint density at radius 2 is 1.94 bits per heavy atom. The fourth-order valence-corrected chi connectivity index (χ4v) is 4.02. The SMILES string of the molecule is CCOc1ccc2cc(C3CC(c4ccccc4)=NN3C(=O)CCC(=O)O)c(Cl)nc2c1. The van der Waals surface area contributed by atoms with Crippen LogP contribution in [0.25, 0.3) is 10.9 Å². The van der Waals surface area contributed by atoms with E-state index in [9.17, 15) is 9.59 Å². The first-order valence-corrected chi connectivity index (χ1v) is 10.7. The molecule has 0 spiro atoms. The Bertz CT molecular complexity index is 1200. The maximum absolute atomic E-state index is 12.9. The molecular weight excluding hydrogens is 430 g/mol. The topological polar surface area (TPSA) is 92.1 Å². The monoisotopic (exact) mass is 451 g/mol. The zero-order valence-corrected chi connectivity index (χ0v) is 18.2. The van der Waals surface area contributed by atoms with Crippen molar-refractivity contribution in [3.8, 4) is 5.75 Å². The molecule has 0 radical (unpaired) electrons. The van der Waals surface area contributed by atoms with Crippen LogP contribution in [0.4, 0.5) is 0 Å². The van der Waals surface area contributed by atoms with E-state index in [1.54, 1.807) is 0 Å². The van der Waals surface area contributed by atoms with Gasteiger partial charge < -0.3 is 9.84 Å². The predicted molar refractivity (Wildman–Crippen MR) is 122 cm³/mol. The van der Waals surface area contributed by atoms with Gasteiger partial charge in [0.05, 0.1) is 30.3 Å². The summed E-state index contributed by atoms with van der Waals surface area (Å²) in [5, 5.41) is 16.0. The molecule has 164 valence electrons. The lowest BCUT2D eigenvalue weighted by Crippen LogP contribution is -2.27. The number of carbonyl (C=O) groups is 2. The number of fused-ring (bicyclic) bond motifs is 1. The molecule has 0 saturated carbocycles. The summed E-state index contributed by atoms with van der Waals surface area (Å²) in [5.41, 5.74) is 3.00. The number of hydrazone groups is 1. The number of ether oxygens (including phenoxy) is 1. The first-order valence-electron chi connectivity index (χ1n) is 10.4. The maximum atomic E-state index is 12.9. The summed E-state index contributed by atoms with van der Waals surface area (Å²) in [6.07, 6.45) is 0.0443. The van der Waals surface area contributed by atoms with E-state index < -0.39 is 12.0 Å². The van der Waals surface area contributed by atoms with Crippen LogP contribution in [0.3, 0.4) is 0 Å².